The Bertz CT molecular complexity index is 1130. The van der Waals surface area contributed by atoms with Crippen LogP contribution in [0, 0.1) is 0 Å². The van der Waals surface area contributed by atoms with Gasteiger partial charge in [-0.3, -0.25) is 18.6 Å². The summed E-state index contributed by atoms with van der Waals surface area (Å²) in [6, 6.07) is -1.48. The van der Waals surface area contributed by atoms with E-state index < -0.39 is 45.1 Å². The summed E-state index contributed by atoms with van der Waals surface area (Å²) in [4.78, 5) is 33.7. The number of carbonyl (C=O) groups is 2. The number of rotatable bonds is 49. The number of phosphoric ester groups is 1. The van der Waals surface area contributed by atoms with Crippen molar-refractivity contribution in [2.24, 2.45) is 5.73 Å². The van der Waals surface area contributed by atoms with Crippen LogP contribution in [0.25, 0.3) is 0 Å². The van der Waals surface area contributed by atoms with E-state index in [2.05, 4.69) is 50.3 Å². The quantitative estimate of drug-likeness (QED) is 0.0233. The molecule has 3 unspecified atom stereocenters. The Balaban J connectivity index is 4.14. The summed E-state index contributed by atoms with van der Waals surface area (Å²) < 4.78 is 33.5. The third-order valence-corrected chi connectivity index (χ3v) is 12.1. The zero-order valence-corrected chi connectivity index (χ0v) is 40.9. The van der Waals surface area contributed by atoms with Gasteiger partial charge in [0.1, 0.15) is 12.1 Å². The summed E-state index contributed by atoms with van der Waals surface area (Å²) in [7, 11) is -4.62. The lowest BCUT2D eigenvalue weighted by Gasteiger charge is -2.20. The minimum atomic E-state index is -4.62. The highest BCUT2D eigenvalue weighted by atomic mass is 31.2. The van der Waals surface area contributed by atoms with Crippen LogP contribution in [-0.2, 0) is 32.7 Å². The van der Waals surface area contributed by atoms with Gasteiger partial charge in [0.2, 0.25) is 0 Å². The molecule has 0 aromatic rings. The van der Waals surface area contributed by atoms with E-state index in [0.717, 1.165) is 70.6 Å². The molecular formula is C51H96NO9P. The van der Waals surface area contributed by atoms with Gasteiger partial charge in [-0.05, 0) is 51.4 Å². The molecule has 364 valence electrons. The zero-order chi connectivity index (χ0) is 45.5. The van der Waals surface area contributed by atoms with E-state index in [1.807, 2.05) is 0 Å². The molecular weight excluding hydrogens is 802 g/mol. The van der Waals surface area contributed by atoms with E-state index in [1.165, 1.54) is 141 Å². The molecule has 0 fully saturated rings. The van der Waals surface area contributed by atoms with Gasteiger partial charge in [0.25, 0.3) is 0 Å². The first-order chi connectivity index (χ1) is 30.2. The molecule has 11 heteroatoms. The van der Waals surface area contributed by atoms with Gasteiger partial charge in [-0.15, -0.1) is 0 Å². The first kappa shape index (κ1) is 60.2. The maximum absolute atomic E-state index is 12.7. The Morgan fingerprint density at radius 3 is 1.35 bits per heavy atom. The molecule has 62 heavy (non-hydrogen) atoms. The van der Waals surface area contributed by atoms with Crippen LogP contribution >= 0.6 is 7.82 Å². The fourth-order valence-electron chi connectivity index (χ4n) is 7.20. The molecule has 10 nitrogen and oxygen atoms in total. The number of ether oxygens (including phenoxy) is 2. The number of hydrogen-bond acceptors (Lipinski definition) is 8. The highest BCUT2D eigenvalue weighted by Gasteiger charge is 2.27. The summed E-state index contributed by atoms with van der Waals surface area (Å²) in [5.74, 6) is -1.78. The Kier molecular flexibility index (Phi) is 45.8. The van der Waals surface area contributed by atoms with E-state index in [0.29, 0.717) is 13.0 Å². The Labute approximate surface area is 380 Å². The molecule has 0 bridgehead atoms. The molecule has 0 aliphatic carbocycles. The molecule has 0 saturated heterocycles. The number of aliphatic carboxylic acids is 1. The van der Waals surface area contributed by atoms with Crippen molar-refractivity contribution in [3.8, 4) is 0 Å². The van der Waals surface area contributed by atoms with E-state index in [9.17, 15) is 19.0 Å². The number of carboxylic acid groups (broad SMARTS) is 1. The zero-order valence-electron chi connectivity index (χ0n) is 40.0. The second kappa shape index (κ2) is 47.2. The number of phosphoric acid groups is 1. The fraction of sp³-hybridized carbons (Fsp3) is 0.843. The topological polar surface area (TPSA) is 155 Å². The van der Waals surface area contributed by atoms with Gasteiger partial charge in [-0.1, -0.05) is 217 Å². The van der Waals surface area contributed by atoms with E-state index >= 15 is 0 Å². The average molecular weight is 898 g/mol. The first-order valence-electron chi connectivity index (χ1n) is 25.5. The second-order valence-corrected chi connectivity index (χ2v) is 18.8. The normalized spacial score (nSPS) is 14.0. The third kappa shape index (κ3) is 46.2. The van der Waals surface area contributed by atoms with Crippen LogP contribution in [0.15, 0.2) is 36.5 Å². The first-order valence-corrected chi connectivity index (χ1v) is 27.0. The number of allylic oxidation sites excluding steroid dienone is 6. The van der Waals surface area contributed by atoms with Crippen molar-refractivity contribution in [2.45, 2.75) is 251 Å². The summed E-state index contributed by atoms with van der Waals surface area (Å²) in [5.41, 5.74) is 5.37. The molecule has 0 saturated carbocycles. The molecule has 0 aliphatic heterocycles. The third-order valence-electron chi connectivity index (χ3n) is 11.2. The standard InChI is InChI=1S/C51H96NO9P/c1-3-5-7-9-11-13-15-17-19-21-23-24-26-28-30-32-34-36-38-40-42-44-58-45-48(46-59-62(56,57)60-47-49(52)51(54)55)61-50(53)43-41-39-37-35-33-31-29-27-25-22-20-18-16-14-12-10-8-6-4-2/h12,14,18,20,25,27,48-49H,3-11,13,15-17,19,21-24,26,28-47,52H2,1-2H3,(H,54,55)(H,56,57)/b14-12-,20-18-,27-25-. The van der Waals surface area contributed by atoms with E-state index in [1.54, 1.807) is 0 Å². The van der Waals surface area contributed by atoms with Crippen LogP contribution in [0.1, 0.15) is 239 Å². The summed E-state index contributed by atoms with van der Waals surface area (Å²) in [6.45, 7) is 3.88. The Morgan fingerprint density at radius 2 is 0.887 bits per heavy atom. The maximum Gasteiger partial charge on any atom is 0.472 e. The Morgan fingerprint density at radius 1 is 0.516 bits per heavy atom. The van der Waals surface area contributed by atoms with Gasteiger partial charge in [-0.25, -0.2) is 4.57 Å². The SMILES string of the molecule is CCCCC/C=C\C/C=C\C/C=C\CCCCCCCCC(=O)OC(COCCCCCCCCCCCCCCCCCCCCCCC)COP(=O)(O)OCC(N)C(=O)O. The highest BCUT2D eigenvalue weighted by molar-refractivity contribution is 7.47. The van der Waals surface area contributed by atoms with Crippen molar-refractivity contribution in [1.29, 1.82) is 0 Å². The molecule has 0 heterocycles. The van der Waals surface area contributed by atoms with Crippen molar-refractivity contribution >= 4 is 19.8 Å². The lowest BCUT2D eigenvalue weighted by molar-refractivity contribution is -0.154. The molecule has 0 radical (unpaired) electrons. The number of hydrogen-bond donors (Lipinski definition) is 3. The van der Waals surface area contributed by atoms with Gasteiger partial charge in [0, 0.05) is 13.0 Å². The van der Waals surface area contributed by atoms with Crippen molar-refractivity contribution < 1.29 is 42.7 Å². The molecule has 0 aromatic carbocycles. The molecule has 0 aromatic heterocycles. The van der Waals surface area contributed by atoms with Crippen LogP contribution in [-0.4, -0.2) is 60.5 Å². The number of esters is 1. The lowest BCUT2D eigenvalue weighted by atomic mass is 10.0. The van der Waals surface area contributed by atoms with E-state index in [-0.39, 0.29) is 13.0 Å². The largest absolute Gasteiger partial charge is 0.480 e. The summed E-state index contributed by atoms with van der Waals surface area (Å²) in [5, 5.41) is 8.93. The summed E-state index contributed by atoms with van der Waals surface area (Å²) in [6.07, 6.45) is 54.8. The predicted molar refractivity (Wildman–Crippen MR) is 258 cm³/mol. The number of carbonyl (C=O) groups excluding carboxylic acids is 1. The monoisotopic (exact) mass is 898 g/mol. The van der Waals surface area contributed by atoms with Crippen LogP contribution in [0.5, 0.6) is 0 Å². The smallest absolute Gasteiger partial charge is 0.472 e. The predicted octanol–water partition coefficient (Wildman–Crippen LogP) is 14.8. The van der Waals surface area contributed by atoms with Crippen molar-refractivity contribution in [1.82, 2.24) is 0 Å². The van der Waals surface area contributed by atoms with Crippen LogP contribution in [0.4, 0.5) is 0 Å². The average Bonchev–Trinajstić information content (AvgIpc) is 3.25. The Hall–Kier alpha value is -1.81. The highest BCUT2D eigenvalue weighted by Crippen LogP contribution is 2.43. The van der Waals surface area contributed by atoms with Gasteiger partial charge < -0.3 is 25.2 Å². The van der Waals surface area contributed by atoms with Crippen molar-refractivity contribution in [2.75, 3.05) is 26.4 Å². The van der Waals surface area contributed by atoms with Crippen LogP contribution in [0.2, 0.25) is 0 Å². The van der Waals surface area contributed by atoms with Gasteiger partial charge in [0.05, 0.1) is 19.8 Å². The molecule has 0 aliphatic rings. The maximum atomic E-state index is 12.7. The van der Waals surface area contributed by atoms with E-state index in [4.69, 9.17) is 29.4 Å². The molecule has 0 amide bonds. The number of nitrogens with two attached hydrogens (primary N) is 1. The number of unbranched alkanes of at least 4 members (excludes halogenated alkanes) is 29. The van der Waals surface area contributed by atoms with Crippen molar-refractivity contribution in [3.05, 3.63) is 36.5 Å². The minimum Gasteiger partial charge on any atom is -0.480 e. The molecule has 0 rings (SSSR count). The number of carboxylic acids is 1. The fourth-order valence-corrected chi connectivity index (χ4v) is 7.98. The second-order valence-electron chi connectivity index (χ2n) is 17.3. The van der Waals surface area contributed by atoms with Crippen LogP contribution < -0.4 is 5.73 Å². The summed E-state index contributed by atoms with van der Waals surface area (Å²) >= 11 is 0. The van der Waals surface area contributed by atoms with Gasteiger partial charge in [-0.2, -0.15) is 0 Å². The molecule has 3 atom stereocenters. The van der Waals surface area contributed by atoms with Gasteiger partial charge >= 0.3 is 19.8 Å². The van der Waals surface area contributed by atoms with Gasteiger partial charge in [0.15, 0.2) is 0 Å². The van der Waals surface area contributed by atoms with Crippen molar-refractivity contribution in [3.63, 3.8) is 0 Å². The minimum absolute atomic E-state index is 0.0147. The molecule has 4 N–H and O–H groups in total. The molecule has 0 spiro atoms. The lowest BCUT2D eigenvalue weighted by Crippen LogP contribution is -2.34. The van der Waals surface area contributed by atoms with Crippen LogP contribution in [0.3, 0.4) is 0 Å².